The molecular formula is C19H29N7O3S. The van der Waals surface area contributed by atoms with E-state index in [9.17, 15) is 13.2 Å². The van der Waals surface area contributed by atoms with Gasteiger partial charge in [-0.05, 0) is 44.5 Å². The summed E-state index contributed by atoms with van der Waals surface area (Å²) in [6.45, 7) is 4.08. The maximum atomic E-state index is 12.8. The molecule has 164 valence electrons. The van der Waals surface area contributed by atoms with E-state index in [1.807, 2.05) is 12.1 Å². The van der Waals surface area contributed by atoms with Crippen LogP contribution in [0.3, 0.4) is 0 Å². The fourth-order valence-corrected chi connectivity index (χ4v) is 5.01. The van der Waals surface area contributed by atoms with Crippen LogP contribution in [-0.4, -0.2) is 85.0 Å². The van der Waals surface area contributed by atoms with Crippen molar-refractivity contribution in [3.8, 4) is 0 Å². The molecule has 4 heterocycles. The van der Waals surface area contributed by atoms with Crippen LogP contribution in [0.1, 0.15) is 29.8 Å². The summed E-state index contributed by atoms with van der Waals surface area (Å²) in [6, 6.07) is 3.95. The van der Waals surface area contributed by atoms with Gasteiger partial charge < -0.3 is 15.5 Å². The van der Waals surface area contributed by atoms with Gasteiger partial charge in [0.15, 0.2) is 11.3 Å². The second-order valence-corrected chi connectivity index (χ2v) is 10.00. The molecule has 0 aliphatic carbocycles. The number of aryl methyl sites for hydroxylation is 1. The monoisotopic (exact) mass is 435 g/mol. The first-order valence-corrected chi connectivity index (χ1v) is 12.2. The van der Waals surface area contributed by atoms with Crippen molar-refractivity contribution in [2.75, 3.05) is 50.4 Å². The van der Waals surface area contributed by atoms with E-state index < -0.39 is 10.0 Å². The summed E-state index contributed by atoms with van der Waals surface area (Å²) >= 11 is 0. The summed E-state index contributed by atoms with van der Waals surface area (Å²) in [5.74, 6) is 0.604. The zero-order valence-electron chi connectivity index (χ0n) is 17.5. The highest BCUT2D eigenvalue weighted by molar-refractivity contribution is 7.88. The smallest absolute Gasteiger partial charge is 0.272 e. The van der Waals surface area contributed by atoms with Crippen molar-refractivity contribution in [2.45, 2.75) is 25.3 Å². The van der Waals surface area contributed by atoms with Gasteiger partial charge in [0.2, 0.25) is 10.0 Å². The molecule has 0 saturated carbocycles. The first-order valence-electron chi connectivity index (χ1n) is 10.4. The number of hydrogen-bond donors (Lipinski definition) is 2. The molecule has 30 heavy (non-hydrogen) atoms. The lowest BCUT2D eigenvalue weighted by Gasteiger charge is -2.23. The van der Waals surface area contributed by atoms with Gasteiger partial charge in [0.25, 0.3) is 5.91 Å². The van der Waals surface area contributed by atoms with E-state index in [0.29, 0.717) is 31.0 Å². The van der Waals surface area contributed by atoms with Crippen LogP contribution in [0.25, 0.3) is 11.0 Å². The highest BCUT2D eigenvalue weighted by Crippen LogP contribution is 2.22. The number of anilines is 1. The minimum atomic E-state index is -3.19. The molecule has 2 saturated heterocycles. The molecule has 0 radical (unpaired) electrons. The van der Waals surface area contributed by atoms with Gasteiger partial charge in [-0.15, -0.1) is 0 Å². The summed E-state index contributed by atoms with van der Waals surface area (Å²) in [4.78, 5) is 19.6. The topological polar surface area (TPSA) is 112 Å². The Morgan fingerprint density at radius 1 is 1.17 bits per heavy atom. The van der Waals surface area contributed by atoms with Crippen molar-refractivity contribution in [1.29, 1.82) is 0 Å². The lowest BCUT2D eigenvalue weighted by Crippen LogP contribution is -2.42. The van der Waals surface area contributed by atoms with Gasteiger partial charge in [0.05, 0.1) is 11.6 Å². The number of piperidine rings is 1. The molecule has 2 aromatic heterocycles. The Balaban J connectivity index is 1.53. The van der Waals surface area contributed by atoms with E-state index in [2.05, 4.69) is 20.6 Å². The molecule has 2 aliphatic heterocycles. The number of aromatic nitrogens is 3. The molecule has 11 heteroatoms. The zero-order chi connectivity index (χ0) is 21.3. The van der Waals surface area contributed by atoms with Gasteiger partial charge in [-0.3, -0.25) is 4.79 Å². The fourth-order valence-electron chi connectivity index (χ4n) is 4.14. The van der Waals surface area contributed by atoms with Crippen LogP contribution in [0, 0.1) is 0 Å². The number of nitrogens with zero attached hydrogens (tertiary/aromatic N) is 5. The lowest BCUT2D eigenvalue weighted by molar-refractivity contribution is 0.0925. The minimum absolute atomic E-state index is 0.165. The number of amides is 1. The number of carbonyl (C=O) groups excluding carboxylic acids is 1. The maximum absolute atomic E-state index is 12.8. The predicted molar refractivity (Wildman–Crippen MR) is 115 cm³/mol. The van der Waals surface area contributed by atoms with Gasteiger partial charge in [0.1, 0.15) is 5.82 Å². The summed E-state index contributed by atoms with van der Waals surface area (Å²) < 4.78 is 26.8. The molecule has 0 aromatic carbocycles. The molecule has 0 bridgehead atoms. The van der Waals surface area contributed by atoms with E-state index in [4.69, 9.17) is 4.98 Å². The average molecular weight is 436 g/mol. The van der Waals surface area contributed by atoms with Gasteiger partial charge in [-0.2, -0.15) is 5.10 Å². The highest BCUT2D eigenvalue weighted by Gasteiger charge is 2.24. The second-order valence-electron chi connectivity index (χ2n) is 8.01. The predicted octanol–water partition coefficient (Wildman–Crippen LogP) is -0.0782. The summed E-state index contributed by atoms with van der Waals surface area (Å²) in [7, 11) is -1.41. The Morgan fingerprint density at radius 2 is 1.93 bits per heavy atom. The Kier molecular flexibility index (Phi) is 5.94. The first-order chi connectivity index (χ1) is 14.3. The molecule has 1 amide bonds. The first kappa shape index (κ1) is 21.0. The maximum Gasteiger partial charge on any atom is 0.272 e. The van der Waals surface area contributed by atoms with Gasteiger partial charge in [-0.25, -0.2) is 22.4 Å². The molecule has 2 fully saturated rings. The van der Waals surface area contributed by atoms with Crippen LogP contribution < -0.4 is 15.5 Å². The number of nitrogens with one attached hydrogen (secondary N) is 2. The van der Waals surface area contributed by atoms with Crippen LogP contribution in [-0.2, 0) is 17.1 Å². The van der Waals surface area contributed by atoms with Gasteiger partial charge >= 0.3 is 0 Å². The lowest BCUT2D eigenvalue weighted by atomic mass is 10.1. The van der Waals surface area contributed by atoms with Crippen molar-refractivity contribution in [1.82, 2.24) is 29.7 Å². The Labute approximate surface area is 176 Å². The van der Waals surface area contributed by atoms with E-state index >= 15 is 0 Å². The van der Waals surface area contributed by atoms with E-state index in [1.54, 1.807) is 11.7 Å². The number of carbonyl (C=O) groups is 1. The molecule has 4 rings (SSSR count). The molecule has 0 atom stereocenters. The number of rotatable bonds is 4. The Morgan fingerprint density at radius 3 is 2.67 bits per heavy atom. The average Bonchev–Trinajstić information content (AvgIpc) is 2.89. The molecular weight excluding hydrogens is 406 g/mol. The molecule has 10 nitrogen and oxygen atoms in total. The quantitative estimate of drug-likeness (QED) is 0.691. The van der Waals surface area contributed by atoms with Crippen LogP contribution >= 0.6 is 0 Å². The van der Waals surface area contributed by atoms with Crippen LogP contribution in [0.4, 0.5) is 5.82 Å². The number of fused-ring (bicyclic) bond motifs is 1. The third-order valence-electron chi connectivity index (χ3n) is 5.81. The van der Waals surface area contributed by atoms with Crippen LogP contribution in [0.2, 0.25) is 0 Å². The summed E-state index contributed by atoms with van der Waals surface area (Å²) in [5, 5.41) is 11.5. The van der Waals surface area contributed by atoms with E-state index in [-0.39, 0.29) is 11.9 Å². The van der Waals surface area contributed by atoms with Crippen LogP contribution in [0.15, 0.2) is 12.1 Å². The van der Waals surface area contributed by atoms with Crippen molar-refractivity contribution in [3.63, 3.8) is 0 Å². The van der Waals surface area contributed by atoms with Crippen LogP contribution in [0.5, 0.6) is 0 Å². The Bertz CT molecular complexity index is 1030. The highest BCUT2D eigenvalue weighted by atomic mass is 32.2. The minimum Gasteiger partial charge on any atom is -0.355 e. The van der Waals surface area contributed by atoms with Gasteiger partial charge in [-0.1, -0.05) is 0 Å². The third kappa shape index (κ3) is 4.42. The number of pyridine rings is 1. The summed E-state index contributed by atoms with van der Waals surface area (Å²) in [5.41, 5.74) is 1.04. The zero-order valence-corrected chi connectivity index (χ0v) is 18.3. The van der Waals surface area contributed by atoms with Crippen molar-refractivity contribution in [3.05, 3.63) is 17.8 Å². The molecule has 2 N–H and O–H groups in total. The number of sulfonamides is 1. The van der Waals surface area contributed by atoms with E-state index in [0.717, 1.165) is 50.1 Å². The van der Waals surface area contributed by atoms with Crippen molar-refractivity contribution in [2.24, 2.45) is 7.05 Å². The van der Waals surface area contributed by atoms with Gasteiger partial charge in [0, 0.05) is 39.3 Å². The van der Waals surface area contributed by atoms with E-state index in [1.165, 1.54) is 10.6 Å². The van der Waals surface area contributed by atoms with Crippen molar-refractivity contribution >= 4 is 32.8 Å². The molecule has 0 spiro atoms. The Hall–Kier alpha value is -2.24. The van der Waals surface area contributed by atoms with Crippen molar-refractivity contribution < 1.29 is 13.2 Å². The number of hydrogen-bond acceptors (Lipinski definition) is 7. The summed E-state index contributed by atoms with van der Waals surface area (Å²) in [6.07, 6.45) is 3.82. The molecule has 2 aromatic rings. The second kappa shape index (κ2) is 8.48. The molecule has 2 aliphatic rings. The largest absolute Gasteiger partial charge is 0.355 e. The molecule has 0 unspecified atom stereocenters. The fraction of sp³-hybridized carbons (Fsp3) is 0.632. The standard InChI is InChI=1S/C19H29N7O3S/c1-24-18-15(17(23-24)19(27)21-14-6-8-20-9-7-14)4-5-16(22-18)25-10-3-11-26(13-12-25)30(2,28)29/h4-5,14,20H,3,6-13H2,1-2H3,(H,21,27). The SMILES string of the molecule is Cn1nc(C(=O)NC2CCNCC2)c2ccc(N3CCCN(S(C)(=O)=O)CC3)nc21. The normalized spacial score (nSPS) is 19.7. The third-order valence-corrected chi connectivity index (χ3v) is 7.11.